The van der Waals surface area contributed by atoms with Crippen molar-refractivity contribution < 1.29 is 10.1 Å². The molecule has 0 bridgehead atoms. The third-order valence-electron chi connectivity index (χ3n) is 2.53. The molecule has 0 atom stereocenters. The van der Waals surface area contributed by atoms with E-state index in [1.165, 1.54) is 4.57 Å². The molecule has 4 heteroatoms. The molecule has 0 aromatic carbocycles. The Morgan fingerprint density at radius 2 is 2.00 bits per heavy atom. The molecule has 2 rings (SSSR count). The maximum absolute atomic E-state index is 11.9. The Morgan fingerprint density at radius 1 is 1.25 bits per heavy atom. The van der Waals surface area contributed by atoms with Gasteiger partial charge in [0.2, 0.25) is 5.75 Å². The van der Waals surface area contributed by atoms with Crippen LogP contribution in [0.25, 0.3) is 5.82 Å². The summed E-state index contributed by atoms with van der Waals surface area (Å²) in [6.07, 6.45) is 3.32. The molecule has 2 aromatic heterocycles. The lowest BCUT2D eigenvalue weighted by molar-refractivity contribution is -0.374. The number of rotatable bonds is 1. The minimum Gasteiger partial charge on any atom is -0.501 e. The highest BCUT2D eigenvalue weighted by Gasteiger charge is 2.16. The van der Waals surface area contributed by atoms with E-state index >= 15 is 0 Å². The highest BCUT2D eigenvalue weighted by Crippen LogP contribution is 2.18. The van der Waals surface area contributed by atoms with Crippen LogP contribution in [0.2, 0.25) is 0 Å². The van der Waals surface area contributed by atoms with E-state index in [4.69, 9.17) is 0 Å². The summed E-state index contributed by atoms with van der Waals surface area (Å²) >= 11 is 0. The third-order valence-corrected chi connectivity index (χ3v) is 2.53. The number of aromatic amines is 1. The van der Waals surface area contributed by atoms with Gasteiger partial charge in [0.05, 0.1) is 12.4 Å². The Labute approximate surface area is 92.8 Å². The largest absolute Gasteiger partial charge is 0.501 e. The number of pyridine rings is 2. The van der Waals surface area contributed by atoms with Crippen LogP contribution in [-0.4, -0.2) is 9.67 Å². The molecule has 0 aliphatic heterocycles. The topological polar surface area (TPSA) is 56.4 Å². The predicted molar refractivity (Wildman–Crippen MR) is 59.7 cm³/mol. The second-order valence-electron chi connectivity index (χ2n) is 3.72. The predicted octanol–water partition coefficient (Wildman–Crippen LogP) is 0.974. The smallest absolute Gasteiger partial charge is 0.341 e. The summed E-state index contributed by atoms with van der Waals surface area (Å²) in [6, 6.07) is 5.26. The zero-order valence-corrected chi connectivity index (χ0v) is 9.19. The van der Waals surface area contributed by atoms with E-state index in [9.17, 15) is 9.90 Å². The number of nitrogens with one attached hydrogen (secondary N) is 1. The number of aryl methyl sites for hydroxylation is 2. The highest BCUT2D eigenvalue weighted by molar-refractivity contribution is 5.41. The zero-order valence-electron chi connectivity index (χ0n) is 9.19. The van der Waals surface area contributed by atoms with Gasteiger partial charge in [-0.1, -0.05) is 0 Å². The Kier molecular flexibility index (Phi) is 2.48. The standard InChI is InChI=1S/C12H12N2O2/c1-8-5-6-13-11(10(8)15)14-7-3-4-9(2)12(14)16/h3-7,15H,1-2H3/p+1. The van der Waals surface area contributed by atoms with Crippen molar-refractivity contribution in [2.75, 3.05) is 0 Å². The molecule has 4 nitrogen and oxygen atoms in total. The third kappa shape index (κ3) is 1.58. The first kappa shape index (κ1) is 10.4. The average molecular weight is 217 g/mol. The van der Waals surface area contributed by atoms with Crippen molar-refractivity contribution in [2.45, 2.75) is 13.8 Å². The SMILES string of the molecule is Cc1cc[nH+]c(-n2cccc(C)c2=O)c1O. The lowest BCUT2D eigenvalue weighted by Gasteiger charge is -2.02. The Hall–Kier alpha value is -2.10. The second kappa shape index (κ2) is 3.81. The van der Waals surface area contributed by atoms with Crippen LogP contribution in [-0.2, 0) is 0 Å². The van der Waals surface area contributed by atoms with Crippen LogP contribution in [0.5, 0.6) is 5.75 Å². The molecule has 0 aliphatic rings. The summed E-state index contributed by atoms with van der Waals surface area (Å²) < 4.78 is 1.40. The minimum atomic E-state index is -0.139. The molecule has 82 valence electrons. The molecule has 0 unspecified atom stereocenters. The molecule has 0 amide bonds. The minimum absolute atomic E-state index is 0.0928. The van der Waals surface area contributed by atoms with Crippen molar-refractivity contribution >= 4 is 0 Å². The van der Waals surface area contributed by atoms with Crippen molar-refractivity contribution in [1.82, 2.24) is 4.57 Å². The Bertz CT molecular complexity index is 588. The molecule has 0 radical (unpaired) electrons. The zero-order chi connectivity index (χ0) is 11.7. The summed E-state index contributed by atoms with van der Waals surface area (Å²) in [7, 11) is 0. The van der Waals surface area contributed by atoms with Gasteiger partial charge < -0.3 is 5.11 Å². The molecule has 0 saturated carbocycles. The number of aromatic hydroxyl groups is 1. The summed E-state index contributed by atoms with van der Waals surface area (Å²) in [6.45, 7) is 3.53. The van der Waals surface area contributed by atoms with Crippen molar-refractivity contribution in [2.24, 2.45) is 0 Å². The van der Waals surface area contributed by atoms with E-state index in [1.54, 1.807) is 44.4 Å². The number of nitrogens with zero attached hydrogens (tertiary/aromatic N) is 1. The van der Waals surface area contributed by atoms with E-state index in [0.717, 1.165) is 5.56 Å². The molecule has 2 heterocycles. The Balaban J connectivity index is 2.73. The molecule has 2 N–H and O–H groups in total. The lowest BCUT2D eigenvalue weighted by Crippen LogP contribution is -2.25. The molecule has 0 fully saturated rings. The van der Waals surface area contributed by atoms with Gasteiger partial charge in [0.1, 0.15) is 0 Å². The summed E-state index contributed by atoms with van der Waals surface area (Å²) in [5.41, 5.74) is 1.22. The van der Waals surface area contributed by atoms with Crippen LogP contribution in [0.3, 0.4) is 0 Å². The van der Waals surface area contributed by atoms with Gasteiger partial charge in [0.25, 0.3) is 0 Å². The van der Waals surface area contributed by atoms with E-state index in [0.29, 0.717) is 11.4 Å². The van der Waals surface area contributed by atoms with Crippen LogP contribution in [0, 0.1) is 13.8 Å². The fourth-order valence-corrected chi connectivity index (χ4v) is 1.54. The Morgan fingerprint density at radius 3 is 2.75 bits per heavy atom. The highest BCUT2D eigenvalue weighted by atomic mass is 16.3. The lowest BCUT2D eigenvalue weighted by atomic mass is 10.2. The number of hydrogen-bond acceptors (Lipinski definition) is 2. The van der Waals surface area contributed by atoms with Gasteiger partial charge in [-0.3, -0.25) is 0 Å². The summed E-state index contributed by atoms with van der Waals surface area (Å²) in [4.78, 5) is 14.7. The van der Waals surface area contributed by atoms with Crippen molar-refractivity contribution in [3.8, 4) is 11.6 Å². The van der Waals surface area contributed by atoms with E-state index in [2.05, 4.69) is 4.98 Å². The normalized spacial score (nSPS) is 10.4. The molecule has 0 spiro atoms. The number of hydrogen-bond donors (Lipinski definition) is 1. The monoisotopic (exact) mass is 217 g/mol. The van der Waals surface area contributed by atoms with Gasteiger partial charge in [0, 0.05) is 11.1 Å². The van der Waals surface area contributed by atoms with Crippen molar-refractivity contribution in [3.05, 3.63) is 52.1 Å². The number of aromatic nitrogens is 2. The summed E-state index contributed by atoms with van der Waals surface area (Å²) in [5.74, 6) is 0.490. The van der Waals surface area contributed by atoms with Crippen molar-refractivity contribution in [3.63, 3.8) is 0 Å². The van der Waals surface area contributed by atoms with Crippen molar-refractivity contribution in [1.29, 1.82) is 0 Å². The second-order valence-corrected chi connectivity index (χ2v) is 3.72. The van der Waals surface area contributed by atoms with E-state index in [-0.39, 0.29) is 11.3 Å². The van der Waals surface area contributed by atoms with E-state index in [1.807, 2.05) is 0 Å². The van der Waals surface area contributed by atoms with Gasteiger partial charge >= 0.3 is 11.4 Å². The molecular weight excluding hydrogens is 204 g/mol. The van der Waals surface area contributed by atoms with Gasteiger partial charge in [-0.25, -0.2) is 9.78 Å². The first-order chi connectivity index (χ1) is 7.61. The van der Waals surface area contributed by atoms with Crippen LogP contribution >= 0.6 is 0 Å². The van der Waals surface area contributed by atoms with Crippen LogP contribution < -0.4 is 10.5 Å². The first-order valence-electron chi connectivity index (χ1n) is 5.00. The summed E-state index contributed by atoms with van der Waals surface area (Å²) in [5, 5.41) is 9.88. The number of H-pyrrole nitrogens is 1. The molecule has 0 aliphatic carbocycles. The van der Waals surface area contributed by atoms with Gasteiger partial charge in [-0.15, -0.1) is 0 Å². The van der Waals surface area contributed by atoms with Crippen LogP contribution in [0.4, 0.5) is 0 Å². The van der Waals surface area contributed by atoms with Gasteiger partial charge in [-0.05, 0) is 32.0 Å². The molecule has 0 saturated heterocycles. The van der Waals surface area contributed by atoms with Gasteiger partial charge in [0.15, 0.2) is 0 Å². The maximum Gasteiger partial charge on any atom is 0.341 e. The fourth-order valence-electron chi connectivity index (χ4n) is 1.54. The molecule has 2 aromatic rings. The fraction of sp³-hybridized carbons (Fsp3) is 0.167. The first-order valence-corrected chi connectivity index (χ1v) is 5.00. The average Bonchev–Trinajstić information content (AvgIpc) is 2.27. The van der Waals surface area contributed by atoms with Crippen LogP contribution in [0.15, 0.2) is 35.4 Å². The maximum atomic E-state index is 11.9. The van der Waals surface area contributed by atoms with E-state index < -0.39 is 0 Å². The molecule has 16 heavy (non-hydrogen) atoms. The van der Waals surface area contributed by atoms with Crippen LogP contribution in [0.1, 0.15) is 11.1 Å². The molecular formula is C12H13N2O2+. The quantitative estimate of drug-likeness (QED) is 0.774. The van der Waals surface area contributed by atoms with Gasteiger partial charge in [-0.2, -0.15) is 4.57 Å².